The van der Waals surface area contributed by atoms with Gasteiger partial charge >= 0.3 is 0 Å². The predicted molar refractivity (Wildman–Crippen MR) is 120 cm³/mol. The minimum Gasteiger partial charge on any atom is -0.310 e. The lowest BCUT2D eigenvalue weighted by atomic mass is 10.0. The maximum atomic E-state index is 13.0. The van der Waals surface area contributed by atoms with Gasteiger partial charge in [-0.3, -0.25) is 4.79 Å². The Morgan fingerprint density at radius 3 is 2.72 bits per heavy atom. The predicted octanol–water partition coefficient (Wildman–Crippen LogP) is 5.26. The number of carbonyl (C=O) groups is 1. The minimum atomic E-state index is -0.0178. The van der Waals surface area contributed by atoms with E-state index in [0.717, 1.165) is 56.2 Å². The molecule has 4 nitrogen and oxygen atoms in total. The molecule has 1 aromatic heterocycles. The van der Waals surface area contributed by atoms with Crippen LogP contribution in [0.25, 0.3) is 16.5 Å². The molecule has 3 aromatic carbocycles. The summed E-state index contributed by atoms with van der Waals surface area (Å²) >= 11 is 1.84. The molecule has 4 aromatic rings. The summed E-state index contributed by atoms with van der Waals surface area (Å²) in [6, 6.07) is 22.4. The van der Waals surface area contributed by atoms with Crippen molar-refractivity contribution in [1.29, 1.82) is 0 Å². The van der Waals surface area contributed by atoms with Crippen LogP contribution in [0, 0.1) is 6.92 Å². The van der Waals surface area contributed by atoms with Crippen LogP contribution in [0.15, 0.2) is 66.7 Å². The maximum absolute atomic E-state index is 13.0. The molecule has 1 N–H and O–H groups in total. The third-order valence-electron chi connectivity index (χ3n) is 5.38. The lowest BCUT2D eigenvalue weighted by Gasteiger charge is -2.13. The third kappa shape index (κ3) is 3.32. The second kappa shape index (κ2) is 7.41. The van der Waals surface area contributed by atoms with Gasteiger partial charge in [0.05, 0.1) is 17.8 Å². The van der Waals surface area contributed by atoms with Crippen molar-refractivity contribution in [2.75, 3.05) is 5.32 Å². The Kier molecular flexibility index (Phi) is 4.60. The first-order valence-electron chi connectivity index (χ1n) is 9.72. The summed E-state index contributed by atoms with van der Waals surface area (Å²) in [4.78, 5) is 13.0. The molecule has 0 saturated carbocycles. The van der Waals surface area contributed by atoms with Crippen LogP contribution >= 0.6 is 11.8 Å². The molecule has 0 bridgehead atoms. The van der Waals surface area contributed by atoms with Crippen molar-refractivity contribution < 1.29 is 4.79 Å². The van der Waals surface area contributed by atoms with E-state index in [1.165, 1.54) is 0 Å². The molecule has 144 valence electrons. The van der Waals surface area contributed by atoms with Gasteiger partial charge in [-0.1, -0.05) is 60.7 Å². The van der Waals surface area contributed by atoms with Crippen molar-refractivity contribution in [3.8, 4) is 5.69 Å². The third-order valence-corrected chi connectivity index (χ3v) is 6.35. The molecule has 1 aliphatic rings. The molecule has 0 aliphatic carbocycles. The number of benzene rings is 3. The monoisotopic (exact) mass is 399 g/mol. The van der Waals surface area contributed by atoms with Crippen LogP contribution in [0.4, 0.5) is 5.82 Å². The quantitative estimate of drug-likeness (QED) is 0.509. The number of amides is 1. The van der Waals surface area contributed by atoms with Gasteiger partial charge in [-0.05, 0) is 34.9 Å². The number of aromatic nitrogens is 2. The van der Waals surface area contributed by atoms with Crippen LogP contribution in [0.2, 0.25) is 0 Å². The number of thioether (sulfide) groups is 1. The van der Waals surface area contributed by atoms with Gasteiger partial charge in [-0.2, -0.15) is 16.9 Å². The molecule has 0 radical (unpaired) electrons. The molecule has 29 heavy (non-hydrogen) atoms. The number of hydrogen-bond donors (Lipinski definition) is 1. The lowest BCUT2D eigenvalue weighted by Crippen LogP contribution is -2.18. The Morgan fingerprint density at radius 1 is 1.03 bits per heavy atom. The molecular formula is C24H21N3OS. The summed E-state index contributed by atoms with van der Waals surface area (Å²) < 4.78 is 1.90. The van der Waals surface area contributed by atoms with Gasteiger partial charge in [0.2, 0.25) is 5.91 Å². The van der Waals surface area contributed by atoms with Gasteiger partial charge in [0.15, 0.2) is 0 Å². The Morgan fingerprint density at radius 2 is 1.83 bits per heavy atom. The van der Waals surface area contributed by atoms with Gasteiger partial charge in [-0.25, -0.2) is 4.68 Å². The first kappa shape index (κ1) is 18.0. The largest absolute Gasteiger partial charge is 0.310 e. The van der Waals surface area contributed by atoms with Crippen molar-refractivity contribution in [2.24, 2.45) is 0 Å². The van der Waals surface area contributed by atoms with Crippen LogP contribution in [-0.4, -0.2) is 15.7 Å². The Hall–Kier alpha value is -3.05. The number of aryl methyl sites for hydroxylation is 1. The molecule has 0 unspecified atom stereocenters. The summed E-state index contributed by atoms with van der Waals surface area (Å²) in [5.41, 5.74) is 5.38. The van der Waals surface area contributed by atoms with E-state index in [2.05, 4.69) is 36.5 Å². The van der Waals surface area contributed by atoms with E-state index in [-0.39, 0.29) is 5.91 Å². The topological polar surface area (TPSA) is 46.9 Å². The lowest BCUT2D eigenvalue weighted by molar-refractivity contribution is -0.115. The fraction of sp³-hybridized carbons (Fsp3) is 0.167. The standard InChI is InChI=1S/C24H21N3OS/c1-16-7-2-5-12-22(16)27-24(20-14-29-15-21(20)26-27)25-23(28)13-18-10-6-9-17-8-3-4-11-19(17)18/h2-12H,13-15H2,1H3,(H,25,28). The molecule has 2 heterocycles. The van der Waals surface area contributed by atoms with Crippen LogP contribution in [-0.2, 0) is 22.7 Å². The first-order valence-corrected chi connectivity index (χ1v) is 10.9. The highest BCUT2D eigenvalue weighted by atomic mass is 32.2. The second-order valence-electron chi connectivity index (χ2n) is 7.33. The normalized spacial score (nSPS) is 12.9. The molecule has 5 heteroatoms. The van der Waals surface area contributed by atoms with Crippen molar-refractivity contribution in [3.63, 3.8) is 0 Å². The van der Waals surface area contributed by atoms with Crippen molar-refractivity contribution in [3.05, 3.63) is 89.1 Å². The molecule has 0 fully saturated rings. The van der Waals surface area contributed by atoms with Crippen LogP contribution < -0.4 is 5.32 Å². The van der Waals surface area contributed by atoms with Crippen LogP contribution in [0.3, 0.4) is 0 Å². The number of nitrogens with zero attached hydrogens (tertiary/aromatic N) is 2. The summed E-state index contributed by atoms with van der Waals surface area (Å²) in [7, 11) is 0. The summed E-state index contributed by atoms with van der Waals surface area (Å²) in [5.74, 6) is 2.56. The first-order chi connectivity index (χ1) is 14.2. The summed E-state index contributed by atoms with van der Waals surface area (Å²) in [6.45, 7) is 2.07. The fourth-order valence-electron chi connectivity index (χ4n) is 3.91. The highest BCUT2D eigenvalue weighted by Crippen LogP contribution is 2.36. The molecular weight excluding hydrogens is 378 g/mol. The van der Waals surface area contributed by atoms with E-state index >= 15 is 0 Å². The Labute approximate surface area is 173 Å². The van der Waals surface area contributed by atoms with E-state index in [1.54, 1.807) is 0 Å². The summed E-state index contributed by atoms with van der Waals surface area (Å²) in [5, 5.41) is 10.3. The molecule has 0 saturated heterocycles. The Bertz CT molecular complexity index is 1220. The number of carbonyl (C=O) groups excluding carboxylic acids is 1. The highest BCUT2D eigenvalue weighted by Gasteiger charge is 2.25. The second-order valence-corrected chi connectivity index (χ2v) is 8.31. The number of nitrogens with one attached hydrogen (secondary N) is 1. The van der Waals surface area contributed by atoms with Crippen molar-refractivity contribution in [1.82, 2.24) is 9.78 Å². The average Bonchev–Trinajstić information content (AvgIpc) is 3.31. The zero-order valence-electron chi connectivity index (χ0n) is 16.2. The highest BCUT2D eigenvalue weighted by molar-refractivity contribution is 7.98. The van der Waals surface area contributed by atoms with E-state index in [0.29, 0.717) is 6.42 Å². The smallest absolute Gasteiger partial charge is 0.229 e. The van der Waals surface area contributed by atoms with E-state index in [1.807, 2.05) is 58.9 Å². The SMILES string of the molecule is Cc1ccccc1-n1nc2c(c1NC(=O)Cc1cccc3ccccc13)CSC2. The molecule has 5 rings (SSSR count). The van der Waals surface area contributed by atoms with E-state index < -0.39 is 0 Å². The minimum absolute atomic E-state index is 0.0178. The molecule has 1 aliphatic heterocycles. The van der Waals surface area contributed by atoms with Gasteiger partial charge in [0.25, 0.3) is 0 Å². The zero-order chi connectivity index (χ0) is 19.8. The van der Waals surface area contributed by atoms with Crippen LogP contribution in [0.5, 0.6) is 0 Å². The van der Waals surface area contributed by atoms with Gasteiger partial charge in [-0.15, -0.1) is 0 Å². The number of hydrogen-bond acceptors (Lipinski definition) is 3. The van der Waals surface area contributed by atoms with Gasteiger partial charge in [0.1, 0.15) is 5.82 Å². The number of para-hydroxylation sites is 1. The average molecular weight is 400 g/mol. The molecule has 0 spiro atoms. The van der Waals surface area contributed by atoms with Gasteiger partial charge < -0.3 is 5.32 Å². The fourth-order valence-corrected chi connectivity index (χ4v) is 4.95. The van der Waals surface area contributed by atoms with E-state index in [9.17, 15) is 4.79 Å². The van der Waals surface area contributed by atoms with E-state index in [4.69, 9.17) is 5.10 Å². The molecule has 1 amide bonds. The van der Waals surface area contributed by atoms with Crippen LogP contribution in [0.1, 0.15) is 22.4 Å². The van der Waals surface area contributed by atoms with Gasteiger partial charge in [0, 0.05) is 17.1 Å². The van der Waals surface area contributed by atoms with Crippen molar-refractivity contribution in [2.45, 2.75) is 24.9 Å². The zero-order valence-corrected chi connectivity index (χ0v) is 17.0. The summed E-state index contributed by atoms with van der Waals surface area (Å²) in [6.07, 6.45) is 0.336. The Balaban J connectivity index is 1.49. The number of fused-ring (bicyclic) bond motifs is 2. The number of anilines is 1. The maximum Gasteiger partial charge on any atom is 0.229 e. The van der Waals surface area contributed by atoms with Crippen molar-refractivity contribution >= 4 is 34.3 Å². The molecule has 0 atom stereocenters. The number of rotatable bonds is 4.